The Bertz CT molecular complexity index is 727. The molecular weight excluding hydrogens is 314 g/mol. The van der Waals surface area contributed by atoms with E-state index in [9.17, 15) is 9.59 Å². The zero-order valence-electron chi connectivity index (χ0n) is 12.6. The van der Waals surface area contributed by atoms with Crippen molar-refractivity contribution in [1.82, 2.24) is 20.1 Å². The summed E-state index contributed by atoms with van der Waals surface area (Å²) in [6.45, 7) is 1.90. The largest absolute Gasteiger partial charge is 0.351 e. The Hall–Kier alpha value is -2.35. The summed E-state index contributed by atoms with van der Waals surface area (Å²) >= 11 is 1.28. The molecule has 0 aliphatic heterocycles. The van der Waals surface area contributed by atoms with Gasteiger partial charge in [-0.3, -0.25) is 10.1 Å². The first-order valence-electron chi connectivity index (χ1n) is 7.29. The monoisotopic (exact) mass is 331 g/mol. The predicted octanol–water partition coefficient (Wildman–Crippen LogP) is 1.95. The van der Waals surface area contributed by atoms with Crippen LogP contribution in [0.4, 0.5) is 4.79 Å². The maximum absolute atomic E-state index is 12.4. The van der Waals surface area contributed by atoms with E-state index in [0.29, 0.717) is 11.2 Å². The Kier molecular flexibility index (Phi) is 4.33. The SMILES string of the molecule is Cc1nnc(S[C@H](C(=O)NC(N)=O)c2ccccc2)n1C1CC1. The molecule has 1 aliphatic rings. The lowest BCUT2D eigenvalue weighted by atomic mass is 10.1. The van der Waals surface area contributed by atoms with Crippen LogP contribution in [0.3, 0.4) is 0 Å². The van der Waals surface area contributed by atoms with Crippen LogP contribution < -0.4 is 11.1 Å². The lowest BCUT2D eigenvalue weighted by Gasteiger charge is -2.16. The van der Waals surface area contributed by atoms with Crippen molar-refractivity contribution in [3.05, 3.63) is 41.7 Å². The molecule has 1 aromatic carbocycles. The topological polar surface area (TPSA) is 103 Å². The summed E-state index contributed by atoms with van der Waals surface area (Å²) in [5.74, 6) is 0.369. The zero-order chi connectivity index (χ0) is 16.4. The third-order valence-electron chi connectivity index (χ3n) is 3.56. The van der Waals surface area contributed by atoms with Gasteiger partial charge in [0.1, 0.15) is 11.1 Å². The molecule has 1 saturated carbocycles. The van der Waals surface area contributed by atoms with E-state index in [0.717, 1.165) is 24.2 Å². The Morgan fingerprint density at radius 1 is 1.30 bits per heavy atom. The smallest absolute Gasteiger partial charge is 0.318 e. The summed E-state index contributed by atoms with van der Waals surface area (Å²) in [6.07, 6.45) is 2.19. The van der Waals surface area contributed by atoms with Crippen LogP contribution in [0.25, 0.3) is 0 Å². The fourth-order valence-electron chi connectivity index (χ4n) is 2.38. The summed E-state index contributed by atoms with van der Waals surface area (Å²) in [6, 6.07) is 8.77. The minimum absolute atomic E-state index is 0.406. The summed E-state index contributed by atoms with van der Waals surface area (Å²) < 4.78 is 2.05. The quantitative estimate of drug-likeness (QED) is 0.815. The maximum atomic E-state index is 12.4. The van der Waals surface area contributed by atoms with Gasteiger partial charge in [-0.15, -0.1) is 10.2 Å². The first-order chi connectivity index (χ1) is 11.1. The normalized spacial score (nSPS) is 15.2. The van der Waals surface area contributed by atoms with E-state index in [1.807, 2.05) is 37.3 Å². The van der Waals surface area contributed by atoms with Crippen molar-refractivity contribution >= 4 is 23.7 Å². The second-order valence-electron chi connectivity index (χ2n) is 5.39. The number of nitrogens with zero attached hydrogens (tertiary/aromatic N) is 3. The highest BCUT2D eigenvalue weighted by molar-refractivity contribution is 8.00. The van der Waals surface area contributed by atoms with Crippen LogP contribution in [0, 0.1) is 6.92 Å². The number of nitrogens with two attached hydrogens (primary N) is 1. The molecule has 3 rings (SSSR count). The van der Waals surface area contributed by atoms with E-state index in [2.05, 4.69) is 20.1 Å². The van der Waals surface area contributed by atoms with Crippen LogP contribution in [-0.4, -0.2) is 26.7 Å². The molecule has 1 fully saturated rings. The van der Waals surface area contributed by atoms with Crippen molar-refractivity contribution in [1.29, 1.82) is 0 Å². The molecule has 1 heterocycles. The number of thioether (sulfide) groups is 1. The number of primary amides is 1. The standard InChI is InChI=1S/C15H17N5O2S/c1-9-18-19-15(20(9)11-7-8-11)23-12(13(21)17-14(16)22)10-5-3-2-4-6-10/h2-6,11-12H,7-8H2,1H3,(H3,16,17,21,22)/t12-/m0/s1. The van der Waals surface area contributed by atoms with Crippen molar-refractivity contribution in [2.75, 3.05) is 0 Å². The molecule has 1 atom stereocenters. The van der Waals surface area contributed by atoms with E-state index in [-0.39, 0.29) is 0 Å². The molecule has 23 heavy (non-hydrogen) atoms. The van der Waals surface area contributed by atoms with Gasteiger partial charge in [-0.2, -0.15) is 0 Å². The highest BCUT2D eigenvalue weighted by Gasteiger charge is 2.31. The number of carbonyl (C=O) groups is 2. The van der Waals surface area contributed by atoms with E-state index in [1.165, 1.54) is 11.8 Å². The third-order valence-corrected chi connectivity index (χ3v) is 4.77. The lowest BCUT2D eigenvalue weighted by Crippen LogP contribution is -2.37. The van der Waals surface area contributed by atoms with Gasteiger partial charge in [0.05, 0.1) is 0 Å². The van der Waals surface area contributed by atoms with Gasteiger partial charge in [0.2, 0.25) is 5.91 Å². The molecule has 1 aliphatic carbocycles. The predicted molar refractivity (Wildman–Crippen MR) is 85.8 cm³/mol. The molecule has 7 nitrogen and oxygen atoms in total. The van der Waals surface area contributed by atoms with Crippen molar-refractivity contribution in [2.45, 2.75) is 36.2 Å². The number of aromatic nitrogens is 3. The van der Waals surface area contributed by atoms with Gasteiger partial charge in [-0.1, -0.05) is 42.1 Å². The van der Waals surface area contributed by atoms with E-state index < -0.39 is 17.2 Å². The summed E-state index contributed by atoms with van der Waals surface area (Å²) in [4.78, 5) is 23.4. The van der Waals surface area contributed by atoms with E-state index >= 15 is 0 Å². The third kappa shape index (κ3) is 3.53. The Morgan fingerprint density at radius 2 is 2.00 bits per heavy atom. The van der Waals surface area contributed by atoms with E-state index in [1.54, 1.807) is 0 Å². The highest BCUT2D eigenvalue weighted by atomic mass is 32.2. The van der Waals surface area contributed by atoms with Crippen LogP contribution in [0.5, 0.6) is 0 Å². The molecule has 0 saturated heterocycles. The second-order valence-corrected chi connectivity index (χ2v) is 6.47. The van der Waals surface area contributed by atoms with E-state index in [4.69, 9.17) is 5.73 Å². The number of amides is 3. The number of carbonyl (C=O) groups excluding carboxylic acids is 2. The van der Waals surface area contributed by atoms with Crippen molar-refractivity contribution in [3.63, 3.8) is 0 Å². The molecule has 0 bridgehead atoms. The molecule has 2 aromatic rings. The number of nitrogens with one attached hydrogen (secondary N) is 1. The molecule has 0 unspecified atom stereocenters. The van der Waals surface area contributed by atoms with Crippen LogP contribution in [0.15, 0.2) is 35.5 Å². The van der Waals surface area contributed by atoms with Crippen molar-refractivity contribution in [3.8, 4) is 0 Å². The van der Waals surface area contributed by atoms with Gasteiger partial charge in [0, 0.05) is 6.04 Å². The molecule has 120 valence electrons. The molecular formula is C15H17N5O2S. The Morgan fingerprint density at radius 3 is 2.61 bits per heavy atom. The molecule has 3 amide bonds. The fourth-order valence-corrected chi connectivity index (χ4v) is 3.53. The number of rotatable bonds is 5. The van der Waals surface area contributed by atoms with Gasteiger partial charge in [-0.05, 0) is 25.3 Å². The van der Waals surface area contributed by atoms with Crippen LogP contribution in [0.1, 0.15) is 35.5 Å². The highest BCUT2D eigenvalue weighted by Crippen LogP contribution is 2.42. The Balaban J connectivity index is 1.90. The zero-order valence-corrected chi connectivity index (χ0v) is 13.4. The Labute approximate surface area is 137 Å². The minimum atomic E-state index is -0.864. The van der Waals surface area contributed by atoms with Gasteiger partial charge in [0.25, 0.3) is 0 Å². The van der Waals surface area contributed by atoms with Crippen molar-refractivity contribution < 1.29 is 9.59 Å². The number of aryl methyl sites for hydroxylation is 1. The second kappa shape index (κ2) is 6.41. The van der Waals surface area contributed by atoms with Crippen molar-refractivity contribution in [2.24, 2.45) is 5.73 Å². The average Bonchev–Trinajstić information content (AvgIpc) is 3.28. The molecule has 0 radical (unpaired) electrons. The summed E-state index contributed by atoms with van der Waals surface area (Å²) in [5.41, 5.74) is 5.86. The summed E-state index contributed by atoms with van der Waals surface area (Å²) in [7, 11) is 0. The average molecular weight is 331 g/mol. The van der Waals surface area contributed by atoms with Gasteiger partial charge in [0.15, 0.2) is 5.16 Å². The van der Waals surface area contributed by atoms with Gasteiger partial charge in [-0.25, -0.2) is 4.79 Å². The first-order valence-corrected chi connectivity index (χ1v) is 8.17. The number of imide groups is 1. The summed E-state index contributed by atoms with van der Waals surface area (Å²) in [5, 5.41) is 10.5. The number of benzene rings is 1. The van der Waals surface area contributed by atoms with Gasteiger partial charge >= 0.3 is 6.03 Å². The molecule has 8 heteroatoms. The molecule has 3 N–H and O–H groups in total. The lowest BCUT2D eigenvalue weighted by molar-refractivity contribution is -0.119. The number of hydrogen-bond donors (Lipinski definition) is 2. The fraction of sp³-hybridized carbons (Fsp3) is 0.333. The number of urea groups is 1. The first kappa shape index (κ1) is 15.5. The maximum Gasteiger partial charge on any atom is 0.318 e. The number of hydrogen-bond acceptors (Lipinski definition) is 5. The van der Waals surface area contributed by atoms with Gasteiger partial charge < -0.3 is 10.3 Å². The van der Waals surface area contributed by atoms with Crippen LogP contribution >= 0.6 is 11.8 Å². The van der Waals surface area contributed by atoms with Crippen LogP contribution in [0.2, 0.25) is 0 Å². The van der Waals surface area contributed by atoms with Crippen LogP contribution in [-0.2, 0) is 4.79 Å². The minimum Gasteiger partial charge on any atom is -0.351 e. The molecule has 1 aromatic heterocycles. The molecule has 0 spiro atoms.